The molecule has 2 aliphatic heterocycles. The number of esters is 1. The summed E-state index contributed by atoms with van der Waals surface area (Å²) >= 11 is 0. The minimum atomic E-state index is -0.366. The normalized spacial score (nSPS) is 21.6. The van der Waals surface area contributed by atoms with Crippen molar-refractivity contribution in [3.05, 3.63) is 47.2 Å². The predicted octanol–water partition coefficient (Wildman–Crippen LogP) is 1.32. The van der Waals surface area contributed by atoms with Crippen LogP contribution < -0.4 is 10.6 Å². The summed E-state index contributed by atoms with van der Waals surface area (Å²) in [6.07, 6.45) is 0. The van der Waals surface area contributed by atoms with Crippen molar-refractivity contribution in [3.8, 4) is 0 Å². The fourth-order valence-corrected chi connectivity index (χ4v) is 3.57. The lowest BCUT2D eigenvalue weighted by molar-refractivity contribution is -0.139. The maximum absolute atomic E-state index is 12.3. The van der Waals surface area contributed by atoms with E-state index in [0.717, 1.165) is 32.7 Å². The van der Waals surface area contributed by atoms with Gasteiger partial charge in [-0.15, -0.1) is 0 Å². The Morgan fingerprint density at radius 2 is 1.74 bits per heavy atom. The summed E-state index contributed by atoms with van der Waals surface area (Å²) in [6, 6.07) is 9.83. The number of hydrogen-bond donors (Lipinski definition) is 2. The maximum atomic E-state index is 12.3. The summed E-state index contributed by atoms with van der Waals surface area (Å²) in [7, 11) is 0. The van der Waals surface area contributed by atoms with Crippen molar-refractivity contribution in [2.75, 3.05) is 39.3 Å². The lowest BCUT2D eigenvalue weighted by Gasteiger charge is -2.36. The number of nitrogens with one attached hydrogen (secondary N) is 2. The minimum absolute atomic E-state index is 0.270. The lowest BCUT2D eigenvalue weighted by atomic mass is 10.0. The monoisotopic (exact) mass is 372 g/mol. The fourth-order valence-electron chi connectivity index (χ4n) is 3.57. The second kappa shape index (κ2) is 9.01. The van der Waals surface area contributed by atoms with Crippen molar-refractivity contribution in [2.24, 2.45) is 0 Å². The summed E-state index contributed by atoms with van der Waals surface area (Å²) < 4.78 is 5.18. The molecule has 0 radical (unpaired) electrons. The first kappa shape index (κ1) is 19.4. The highest BCUT2D eigenvalue weighted by molar-refractivity contribution is 5.94. The first-order valence-electron chi connectivity index (χ1n) is 9.53. The molecule has 146 valence electrons. The predicted molar refractivity (Wildman–Crippen MR) is 103 cm³/mol. The van der Waals surface area contributed by atoms with Gasteiger partial charge in [-0.3, -0.25) is 9.80 Å². The highest BCUT2D eigenvalue weighted by Crippen LogP contribution is 2.17. The molecule has 3 rings (SSSR count). The Balaban J connectivity index is 1.61. The summed E-state index contributed by atoms with van der Waals surface area (Å²) in [6.45, 7) is 9.10. The van der Waals surface area contributed by atoms with Crippen LogP contribution in [0.2, 0.25) is 0 Å². The van der Waals surface area contributed by atoms with E-state index in [9.17, 15) is 9.59 Å². The van der Waals surface area contributed by atoms with E-state index >= 15 is 0 Å². The summed E-state index contributed by atoms with van der Waals surface area (Å²) in [5.74, 6) is -0.366. The minimum Gasteiger partial charge on any atom is -0.463 e. The summed E-state index contributed by atoms with van der Waals surface area (Å²) in [5.41, 5.74) is 2.49. The smallest absolute Gasteiger partial charge is 0.337 e. The van der Waals surface area contributed by atoms with Crippen LogP contribution in [0.3, 0.4) is 0 Å². The van der Waals surface area contributed by atoms with Gasteiger partial charge in [-0.1, -0.05) is 30.3 Å². The highest BCUT2D eigenvalue weighted by atomic mass is 16.5. The van der Waals surface area contributed by atoms with Gasteiger partial charge in [0.2, 0.25) is 0 Å². The Kier molecular flexibility index (Phi) is 6.47. The van der Waals surface area contributed by atoms with Gasteiger partial charge in [0.15, 0.2) is 0 Å². The van der Waals surface area contributed by atoms with E-state index in [1.165, 1.54) is 5.56 Å². The number of nitrogens with zero attached hydrogens (tertiary/aromatic N) is 2. The van der Waals surface area contributed by atoms with E-state index in [0.29, 0.717) is 24.4 Å². The molecule has 27 heavy (non-hydrogen) atoms. The third-order valence-corrected chi connectivity index (χ3v) is 4.96. The number of amides is 2. The Bertz CT molecular complexity index is 696. The fraction of sp³-hybridized carbons (Fsp3) is 0.500. The van der Waals surface area contributed by atoms with Gasteiger partial charge in [-0.25, -0.2) is 9.59 Å². The van der Waals surface area contributed by atoms with Crippen LogP contribution in [-0.2, 0) is 16.1 Å². The van der Waals surface area contributed by atoms with Crippen molar-refractivity contribution in [1.29, 1.82) is 0 Å². The molecule has 7 heteroatoms. The van der Waals surface area contributed by atoms with Crippen LogP contribution in [0.5, 0.6) is 0 Å². The van der Waals surface area contributed by atoms with Gasteiger partial charge in [-0.05, 0) is 19.4 Å². The average Bonchev–Trinajstić information content (AvgIpc) is 2.64. The summed E-state index contributed by atoms with van der Waals surface area (Å²) in [4.78, 5) is 28.9. The van der Waals surface area contributed by atoms with Crippen molar-refractivity contribution in [1.82, 2.24) is 20.4 Å². The largest absolute Gasteiger partial charge is 0.463 e. The van der Waals surface area contributed by atoms with Crippen LogP contribution in [0.25, 0.3) is 0 Å². The molecular formula is C20H28N4O3. The van der Waals surface area contributed by atoms with E-state index in [1.807, 2.05) is 13.0 Å². The third-order valence-electron chi connectivity index (χ3n) is 4.96. The number of carbonyl (C=O) groups is 2. The molecule has 0 saturated carbocycles. The first-order valence-corrected chi connectivity index (χ1v) is 9.53. The molecule has 1 saturated heterocycles. The van der Waals surface area contributed by atoms with Crippen molar-refractivity contribution in [2.45, 2.75) is 26.4 Å². The quantitative estimate of drug-likeness (QED) is 0.737. The van der Waals surface area contributed by atoms with E-state index in [2.05, 4.69) is 44.7 Å². The second-order valence-electron chi connectivity index (χ2n) is 6.97. The first-order chi connectivity index (χ1) is 13.1. The number of carbonyl (C=O) groups excluding carboxylic acids is 2. The van der Waals surface area contributed by atoms with Gasteiger partial charge in [0, 0.05) is 45.0 Å². The summed E-state index contributed by atoms with van der Waals surface area (Å²) in [5, 5.41) is 5.54. The Labute approximate surface area is 160 Å². The molecule has 2 N–H and O–H groups in total. The maximum Gasteiger partial charge on any atom is 0.337 e. The molecule has 1 aromatic carbocycles. The lowest BCUT2D eigenvalue weighted by Crippen LogP contribution is -2.53. The SMILES string of the molecule is CCOC(=O)C1=C(CN2CCN(Cc3ccccc3)CC2)NC(=O)NC1C. The topological polar surface area (TPSA) is 73.9 Å². The Hall–Kier alpha value is -2.38. The number of hydrogen-bond acceptors (Lipinski definition) is 5. The molecule has 1 unspecified atom stereocenters. The number of benzene rings is 1. The third kappa shape index (κ3) is 5.08. The van der Waals surface area contributed by atoms with Crippen LogP contribution in [-0.4, -0.2) is 67.2 Å². The van der Waals surface area contributed by atoms with Crippen molar-refractivity contribution in [3.63, 3.8) is 0 Å². The number of ether oxygens (including phenoxy) is 1. The molecule has 7 nitrogen and oxygen atoms in total. The molecular weight excluding hydrogens is 344 g/mol. The average molecular weight is 372 g/mol. The van der Waals surface area contributed by atoms with Crippen molar-refractivity contribution < 1.29 is 14.3 Å². The standard InChI is InChI=1S/C20H28N4O3/c1-3-27-19(25)18-15(2)21-20(26)22-17(18)14-24-11-9-23(10-12-24)13-16-7-5-4-6-8-16/h4-8,15H,3,9-14H2,1-2H3,(H2,21,22,26). The van der Waals surface area contributed by atoms with E-state index in [-0.39, 0.29) is 18.0 Å². The number of rotatable bonds is 6. The molecule has 0 aliphatic carbocycles. The molecule has 2 amide bonds. The van der Waals surface area contributed by atoms with Crippen LogP contribution in [0.1, 0.15) is 19.4 Å². The van der Waals surface area contributed by atoms with Gasteiger partial charge in [0.05, 0.1) is 18.2 Å². The molecule has 1 atom stereocenters. The molecule has 1 aromatic rings. The molecule has 0 aromatic heterocycles. The van der Waals surface area contributed by atoms with Gasteiger partial charge < -0.3 is 15.4 Å². The Morgan fingerprint density at radius 3 is 2.37 bits per heavy atom. The number of piperazine rings is 1. The van der Waals surface area contributed by atoms with E-state index in [4.69, 9.17) is 4.74 Å². The van der Waals surface area contributed by atoms with Gasteiger partial charge >= 0.3 is 12.0 Å². The highest BCUT2D eigenvalue weighted by Gasteiger charge is 2.31. The van der Waals surface area contributed by atoms with Gasteiger partial charge in [-0.2, -0.15) is 0 Å². The Morgan fingerprint density at radius 1 is 1.11 bits per heavy atom. The molecule has 2 heterocycles. The van der Waals surface area contributed by atoms with Crippen LogP contribution >= 0.6 is 0 Å². The zero-order chi connectivity index (χ0) is 19.2. The number of urea groups is 1. The van der Waals surface area contributed by atoms with Crippen LogP contribution in [0.4, 0.5) is 4.79 Å². The van der Waals surface area contributed by atoms with Crippen LogP contribution in [0, 0.1) is 0 Å². The zero-order valence-corrected chi connectivity index (χ0v) is 16.0. The molecule has 0 bridgehead atoms. The molecule has 1 fully saturated rings. The van der Waals surface area contributed by atoms with Crippen molar-refractivity contribution >= 4 is 12.0 Å². The zero-order valence-electron chi connectivity index (χ0n) is 16.0. The van der Waals surface area contributed by atoms with Crippen LogP contribution in [0.15, 0.2) is 41.6 Å². The molecule has 0 spiro atoms. The van der Waals surface area contributed by atoms with Gasteiger partial charge in [0.25, 0.3) is 0 Å². The van der Waals surface area contributed by atoms with E-state index in [1.54, 1.807) is 6.92 Å². The van der Waals surface area contributed by atoms with Gasteiger partial charge in [0.1, 0.15) is 0 Å². The van der Waals surface area contributed by atoms with E-state index < -0.39 is 0 Å². The second-order valence-corrected chi connectivity index (χ2v) is 6.97. The molecule has 2 aliphatic rings.